The summed E-state index contributed by atoms with van der Waals surface area (Å²) < 4.78 is 16.7. The standard InChI is InChI=1S/C14H9FN6/c15-10-2-1-3-11(6-10)21-14-12(7-19-21)13(17-8-18-14)20-5-4-16-9-20/h1-9H. The van der Waals surface area contributed by atoms with Gasteiger partial charge in [-0.25, -0.2) is 24.0 Å². The van der Waals surface area contributed by atoms with Crippen LogP contribution in [0.15, 0.2) is 55.5 Å². The van der Waals surface area contributed by atoms with Crippen molar-refractivity contribution in [1.82, 2.24) is 29.3 Å². The lowest BCUT2D eigenvalue weighted by Gasteiger charge is -2.04. The van der Waals surface area contributed by atoms with Crippen LogP contribution in [-0.4, -0.2) is 29.3 Å². The van der Waals surface area contributed by atoms with Crippen LogP contribution >= 0.6 is 0 Å². The fourth-order valence-corrected chi connectivity index (χ4v) is 2.22. The molecule has 6 nitrogen and oxygen atoms in total. The van der Waals surface area contributed by atoms with Crippen LogP contribution in [0.3, 0.4) is 0 Å². The predicted molar refractivity (Wildman–Crippen MR) is 73.7 cm³/mol. The Balaban J connectivity index is 1.96. The first-order valence-corrected chi connectivity index (χ1v) is 6.26. The fourth-order valence-electron chi connectivity index (χ4n) is 2.22. The van der Waals surface area contributed by atoms with Gasteiger partial charge in [0.05, 0.1) is 17.3 Å². The molecule has 0 amide bonds. The zero-order chi connectivity index (χ0) is 14.2. The Morgan fingerprint density at radius 2 is 2.10 bits per heavy atom. The molecule has 21 heavy (non-hydrogen) atoms. The molecule has 4 aromatic rings. The number of aromatic nitrogens is 6. The van der Waals surface area contributed by atoms with Gasteiger partial charge in [-0.1, -0.05) is 6.07 Å². The zero-order valence-electron chi connectivity index (χ0n) is 10.8. The van der Waals surface area contributed by atoms with Gasteiger partial charge < -0.3 is 0 Å². The van der Waals surface area contributed by atoms with Crippen LogP contribution in [0.25, 0.3) is 22.5 Å². The quantitative estimate of drug-likeness (QED) is 0.564. The first-order valence-electron chi connectivity index (χ1n) is 6.26. The van der Waals surface area contributed by atoms with Crippen molar-refractivity contribution in [2.24, 2.45) is 0 Å². The summed E-state index contributed by atoms with van der Waals surface area (Å²) in [5.41, 5.74) is 1.22. The van der Waals surface area contributed by atoms with Crippen LogP contribution in [0, 0.1) is 5.82 Å². The van der Waals surface area contributed by atoms with E-state index in [1.165, 1.54) is 18.5 Å². The van der Waals surface area contributed by atoms with Crippen molar-refractivity contribution in [2.45, 2.75) is 0 Å². The summed E-state index contributed by atoms with van der Waals surface area (Å²) in [7, 11) is 0. The van der Waals surface area contributed by atoms with Crippen molar-refractivity contribution in [1.29, 1.82) is 0 Å². The van der Waals surface area contributed by atoms with Gasteiger partial charge in [-0.15, -0.1) is 0 Å². The summed E-state index contributed by atoms with van der Waals surface area (Å²) in [5, 5.41) is 5.05. The molecule has 102 valence electrons. The lowest BCUT2D eigenvalue weighted by Crippen LogP contribution is -2.00. The summed E-state index contributed by atoms with van der Waals surface area (Å²) in [4.78, 5) is 12.5. The molecule has 0 aliphatic heterocycles. The van der Waals surface area contributed by atoms with Crippen molar-refractivity contribution in [3.05, 3.63) is 61.3 Å². The lowest BCUT2D eigenvalue weighted by atomic mass is 10.3. The van der Waals surface area contributed by atoms with Crippen molar-refractivity contribution in [3.8, 4) is 11.5 Å². The highest BCUT2D eigenvalue weighted by Crippen LogP contribution is 2.21. The van der Waals surface area contributed by atoms with E-state index in [9.17, 15) is 4.39 Å². The maximum absolute atomic E-state index is 13.4. The van der Waals surface area contributed by atoms with E-state index in [1.807, 2.05) is 0 Å². The van der Waals surface area contributed by atoms with Crippen molar-refractivity contribution in [2.75, 3.05) is 0 Å². The number of fused-ring (bicyclic) bond motifs is 1. The molecule has 0 bridgehead atoms. The third-order valence-corrected chi connectivity index (χ3v) is 3.15. The van der Waals surface area contributed by atoms with E-state index in [-0.39, 0.29) is 5.82 Å². The maximum Gasteiger partial charge on any atom is 0.168 e. The second-order valence-corrected chi connectivity index (χ2v) is 4.44. The summed E-state index contributed by atoms with van der Waals surface area (Å²) in [6.45, 7) is 0. The average Bonchev–Trinajstić information content (AvgIpc) is 3.16. The van der Waals surface area contributed by atoms with Gasteiger partial charge in [0.1, 0.15) is 18.5 Å². The Hall–Kier alpha value is -3.09. The minimum Gasteiger partial charge on any atom is -0.290 e. The van der Waals surface area contributed by atoms with Crippen molar-refractivity contribution >= 4 is 11.0 Å². The van der Waals surface area contributed by atoms with Crippen LogP contribution in [0.4, 0.5) is 4.39 Å². The Morgan fingerprint density at radius 3 is 2.90 bits per heavy atom. The SMILES string of the molecule is Fc1cccc(-n2ncc3c(-n4ccnc4)ncnc32)c1. The largest absolute Gasteiger partial charge is 0.290 e. The molecule has 0 saturated heterocycles. The number of nitrogens with zero attached hydrogens (tertiary/aromatic N) is 6. The number of imidazole rings is 1. The van der Waals surface area contributed by atoms with Crippen molar-refractivity contribution < 1.29 is 4.39 Å². The van der Waals surface area contributed by atoms with Gasteiger partial charge in [-0.2, -0.15) is 5.10 Å². The highest BCUT2D eigenvalue weighted by atomic mass is 19.1. The van der Waals surface area contributed by atoms with Gasteiger partial charge in [-0.3, -0.25) is 4.57 Å². The van der Waals surface area contributed by atoms with E-state index in [0.29, 0.717) is 17.2 Å². The Morgan fingerprint density at radius 1 is 1.14 bits per heavy atom. The zero-order valence-corrected chi connectivity index (χ0v) is 10.8. The van der Waals surface area contributed by atoms with E-state index in [0.717, 1.165) is 5.39 Å². The summed E-state index contributed by atoms with van der Waals surface area (Å²) in [6, 6.07) is 6.21. The van der Waals surface area contributed by atoms with E-state index < -0.39 is 0 Å². The van der Waals surface area contributed by atoms with Crippen molar-refractivity contribution in [3.63, 3.8) is 0 Å². The first-order chi connectivity index (χ1) is 10.3. The minimum atomic E-state index is -0.319. The molecule has 4 rings (SSSR count). The molecule has 3 aromatic heterocycles. The molecule has 3 heterocycles. The third kappa shape index (κ3) is 1.86. The molecular formula is C14H9FN6. The number of benzene rings is 1. The minimum absolute atomic E-state index is 0.319. The topological polar surface area (TPSA) is 61.4 Å². The Labute approximate surface area is 118 Å². The smallest absolute Gasteiger partial charge is 0.168 e. The molecule has 0 aliphatic rings. The molecule has 0 atom stereocenters. The van der Waals surface area contributed by atoms with E-state index in [2.05, 4.69) is 20.1 Å². The molecule has 1 aromatic carbocycles. The number of hydrogen-bond acceptors (Lipinski definition) is 4. The van der Waals surface area contributed by atoms with Crippen LogP contribution in [-0.2, 0) is 0 Å². The summed E-state index contributed by atoms with van der Waals surface area (Å²) in [6.07, 6.45) is 8.23. The van der Waals surface area contributed by atoms with Gasteiger partial charge in [0.25, 0.3) is 0 Å². The maximum atomic E-state index is 13.4. The molecule has 0 aliphatic carbocycles. The summed E-state index contributed by atoms with van der Waals surface area (Å²) in [5.74, 6) is 0.361. The first kappa shape index (κ1) is 11.7. The second-order valence-electron chi connectivity index (χ2n) is 4.44. The number of hydrogen-bond donors (Lipinski definition) is 0. The lowest BCUT2D eigenvalue weighted by molar-refractivity contribution is 0.625. The number of rotatable bonds is 2. The van der Waals surface area contributed by atoms with Gasteiger partial charge in [0.2, 0.25) is 0 Å². The van der Waals surface area contributed by atoms with E-state index >= 15 is 0 Å². The molecular weight excluding hydrogens is 271 g/mol. The average molecular weight is 280 g/mol. The van der Waals surface area contributed by atoms with Gasteiger partial charge in [0.15, 0.2) is 11.5 Å². The second kappa shape index (κ2) is 4.48. The molecule has 0 fully saturated rings. The molecule has 0 spiro atoms. The summed E-state index contributed by atoms with van der Waals surface area (Å²) >= 11 is 0. The number of halogens is 1. The highest BCUT2D eigenvalue weighted by molar-refractivity contribution is 5.83. The Kier molecular flexibility index (Phi) is 2.50. The van der Waals surface area contributed by atoms with E-state index in [1.54, 1.807) is 46.3 Å². The molecule has 7 heteroatoms. The van der Waals surface area contributed by atoms with Crippen LogP contribution in [0.5, 0.6) is 0 Å². The van der Waals surface area contributed by atoms with Gasteiger partial charge in [0, 0.05) is 12.4 Å². The highest BCUT2D eigenvalue weighted by Gasteiger charge is 2.12. The normalized spacial score (nSPS) is 11.1. The molecule has 0 radical (unpaired) electrons. The van der Waals surface area contributed by atoms with Crippen LogP contribution in [0.2, 0.25) is 0 Å². The Bertz CT molecular complexity index is 912. The molecule has 0 unspecified atom stereocenters. The third-order valence-electron chi connectivity index (χ3n) is 3.15. The molecule has 0 N–H and O–H groups in total. The molecule has 0 saturated carbocycles. The van der Waals surface area contributed by atoms with Crippen LogP contribution in [0.1, 0.15) is 0 Å². The van der Waals surface area contributed by atoms with Gasteiger partial charge in [-0.05, 0) is 18.2 Å². The predicted octanol–water partition coefficient (Wildman–Crippen LogP) is 2.14. The fraction of sp³-hybridized carbons (Fsp3) is 0. The van der Waals surface area contributed by atoms with E-state index in [4.69, 9.17) is 0 Å². The van der Waals surface area contributed by atoms with Gasteiger partial charge >= 0.3 is 0 Å². The van der Waals surface area contributed by atoms with Crippen LogP contribution < -0.4 is 0 Å². The monoisotopic (exact) mass is 280 g/mol.